The fourth-order valence-electron chi connectivity index (χ4n) is 1.64. The van der Waals surface area contributed by atoms with Crippen LogP contribution >= 0.6 is 22.7 Å². The fraction of sp³-hybridized carbons (Fsp3) is 0.167. The Kier molecular flexibility index (Phi) is 3.89. The van der Waals surface area contributed by atoms with Gasteiger partial charge in [0.25, 0.3) is 0 Å². The first-order chi connectivity index (χ1) is 10.0. The van der Waals surface area contributed by atoms with Crippen molar-refractivity contribution in [2.75, 3.05) is 0 Å². The van der Waals surface area contributed by atoms with Gasteiger partial charge >= 0.3 is 0 Å². The Balaban J connectivity index is 1.78. The molecule has 3 heterocycles. The van der Waals surface area contributed by atoms with Gasteiger partial charge in [0.1, 0.15) is 4.21 Å². The number of aryl methyl sites for hydroxylation is 1. The molecule has 0 fully saturated rings. The molecule has 0 saturated heterocycles. The second-order valence-corrected chi connectivity index (χ2v) is 8.13. The number of sulfonamides is 1. The van der Waals surface area contributed by atoms with Gasteiger partial charge in [0, 0.05) is 29.3 Å². The van der Waals surface area contributed by atoms with Gasteiger partial charge in [-0.1, -0.05) is 11.2 Å². The van der Waals surface area contributed by atoms with E-state index in [1.807, 2.05) is 17.5 Å². The number of aromatic nitrogens is 2. The maximum Gasteiger partial charge on any atom is 0.250 e. The number of hydrogen-bond acceptors (Lipinski definition) is 7. The van der Waals surface area contributed by atoms with Crippen molar-refractivity contribution in [2.45, 2.75) is 17.7 Å². The Hall–Kier alpha value is -1.55. The SMILES string of the molecule is Cc1nc(-c2csc(S(=O)(=O)NCc3cccs3)c2)no1. The lowest BCUT2D eigenvalue weighted by atomic mass is 10.3. The van der Waals surface area contributed by atoms with Crippen molar-refractivity contribution in [1.29, 1.82) is 0 Å². The third-order valence-corrected chi connectivity index (χ3v) is 6.36. The van der Waals surface area contributed by atoms with E-state index < -0.39 is 10.0 Å². The minimum Gasteiger partial charge on any atom is -0.339 e. The average Bonchev–Trinajstić information content (AvgIpc) is 3.17. The lowest BCUT2D eigenvalue weighted by Crippen LogP contribution is -2.21. The quantitative estimate of drug-likeness (QED) is 0.771. The largest absolute Gasteiger partial charge is 0.339 e. The first-order valence-corrected chi connectivity index (χ1v) is 9.20. The van der Waals surface area contributed by atoms with Gasteiger partial charge < -0.3 is 4.52 Å². The molecule has 3 rings (SSSR count). The standard InChI is InChI=1S/C12H11N3O3S3/c1-8-14-12(15-18-8)9-5-11(20-7-9)21(16,17)13-6-10-3-2-4-19-10/h2-5,7,13H,6H2,1H3. The molecule has 0 radical (unpaired) electrons. The van der Waals surface area contributed by atoms with E-state index in [9.17, 15) is 8.42 Å². The average molecular weight is 341 g/mol. The van der Waals surface area contributed by atoms with E-state index in [4.69, 9.17) is 4.52 Å². The molecule has 9 heteroatoms. The maximum absolute atomic E-state index is 12.2. The summed E-state index contributed by atoms with van der Waals surface area (Å²) < 4.78 is 32.1. The third kappa shape index (κ3) is 3.21. The van der Waals surface area contributed by atoms with Crippen molar-refractivity contribution in [3.05, 3.63) is 39.7 Å². The molecule has 3 aromatic rings. The minimum absolute atomic E-state index is 0.233. The second-order valence-electron chi connectivity index (χ2n) is 4.20. The van der Waals surface area contributed by atoms with E-state index in [1.54, 1.807) is 18.4 Å². The summed E-state index contributed by atoms with van der Waals surface area (Å²) in [6.07, 6.45) is 0. The smallest absolute Gasteiger partial charge is 0.250 e. The first-order valence-electron chi connectivity index (χ1n) is 5.96. The zero-order chi connectivity index (χ0) is 14.9. The molecule has 0 saturated carbocycles. The first kappa shape index (κ1) is 14.4. The lowest BCUT2D eigenvalue weighted by Gasteiger charge is -2.02. The van der Waals surface area contributed by atoms with Crippen LogP contribution in [0.3, 0.4) is 0 Å². The van der Waals surface area contributed by atoms with Crippen LogP contribution in [0, 0.1) is 6.92 Å². The Morgan fingerprint density at radius 2 is 2.24 bits per heavy atom. The van der Waals surface area contributed by atoms with Crippen molar-refractivity contribution in [3.8, 4) is 11.4 Å². The minimum atomic E-state index is -3.53. The molecule has 0 aromatic carbocycles. The molecule has 0 spiro atoms. The van der Waals surface area contributed by atoms with Gasteiger partial charge in [-0.25, -0.2) is 13.1 Å². The lowest BCUT2D eigenvalue weighted by molar-refractivity contribution is 0.394. The van der Waals surface area contributed by atoms with Crippen molar-refractivity contribution < 1.29 is 12.9 Å². The number of hydrogen-bond donors (Lipinski definition) is 1. The highest BCUT2D eigenvalue weighted by atomic mass is 32.2. The van der Waals surface area contributed by atoms with Crippen molar-refractivity contribution in [2.24, 2.45) is 0 Å². The third-order valence-electron chi connectivity index (χ3n) is 2.64. The van der Waals surface area contributed by atoms with Gasteiger partial charge in [0.05, 0.1) is 0 Å². The molecule has 1 N–H and O–H groups in total. The van der Waals surface area contributed by atoms with E-state index in [0.29, 0.717) is 17.3 Å². The van der Waals surface area contributed by atoms with Crippen LogP contribution in [0.1, 0.15) is 10.8 Å². The van der Waals surface area contributed by atoms with Crippen LogP contribution in [0.4, 0.5) is 0 Å². The molecular weight excluding hydrogens is 330 g/mol. The molecule has 0 aliphatic carbocycles. The van der Waals surface area contributed by atoms with Crippen LogP contribution in [-0.2, 0) is 16.6 Å². The van der Waals surface area contributed by atoms with Gasteiger partial charge in [-0.2, -0.15) is 4.98 Å². The number of nitrogens with zero attached hydrogens (tertiary/aromatic N) is 2. The molecule has 0 aliphatic rings. The van der Waals surface area contributed by atoms with E-state index in [1.165, 1.54) is 11.3 Å². The van der Waals surface area contributed by atoms with Crippen LogP contribution < -0.4 is 4.72 Å². The zero-order valence-corrected chi connectivity index (χ0v) is 13.4. The van der Waals surface area contributed by atoms with Crippen LogP contribution in [0.5, 0.6) is 0 Å². The van der Waals surface area contributed by atoms with Crippen molar-refractivity contribution in [1.82, 2.24) is 14.9 Å². The molecule has 110 valence electrons. The number of rotatable bonds is 5. The molecule has 0 unspecified atom stereocenters. The second kappa shape index (κ2) is 5.68. The monoisotopic (exact) mass is 341 g/mol. The highest BCUT2D eigenvalue weighted by Crippen LogP contribution is 2.26. The predicted octanol–water partition coefficient (Wildman–Crippen LogP) is 2.65. The van der Waals surface area contributed by atoms with E-state index >= 15 is 0 Å². The molecule has 0 amide bonds. The maximum atomic E-state index is 12.2. The van der Waals surface area contributed by atoms with Gasteiger partial charge in [0.2, 0.25) is 21.7 Å². The van der Waals surface area contributed by atoms with Crippen molar-refractivity contribution >= 4 is 32.7 Å². The van der Waals surface area contributed by atoms with Gasteiger partial charge in [-0.3, -0.25) is 0 Å². The molecule has 3 aromatic heterocycles. The molecule has 0 bridgehead atoms. The summed E-state index contributed by atoms with van der Waals surface area (Å²) in [6.45, 7) is 1.97. The van der Waals surface area contributed by atoms with Crippen molar-refractivity contribution in [3.63, 3.8) is 0 Å². The Morgan fingerprint density at radius 1 is 1.38 bits per heavy atom. The fourth-order valence-corrected chi connectivity index (χ4v) is 4.59. The highest BCUT2D eigenvalue weighted by Gasteiger charge is 2.18. The Morgan fingerprint density at radius 3 is 2.90 bits per heavy atom. The number of nitrogens with one attached hydrogen (secondary N) is 1. The predicted molar refractivity (Wildman–Crippen MR) is 80.7 cm³/mol. The summed E-state index contributed by atoms with van der Waals surface area (Å²) in [6, 6.07) is 5.32. The Bertz CT molecular complexity index is 834. The van der Waals surface area contributed by atoms with Crippen LogP contribution in [0.2, 0.25) is 0 Å². The summed E-state index contributed by atoms with van der Waals surface area (Å²) >= 11 is 2.64. The van der Waals surface area contributed by atoms with Gasteiger partial charge in [0.15, 0.2) is 0 Å². The molecule has 6 nitrogen and oxygen atoms in total. The summed E-state index contributed by atoms with van der Waals surface area (Å²) in [5.41, 5.74) is 0.633. The summed E-state index contributed by atoms with van der Waals surface area (Å²) in [7, 11) is -3.53. The van der Waals surface area contributed by atoms with Crippen LogP contribution in [-0.4, -0.2) is 18.6 Å². The number of thiophene rings is 2. The molecular formula is C12H11N3O3S3. The van der Waals surface area contributed by atoms with E-state index in [0.717, 1.165) is 16.2 Å². The van der Waals surface area contributed by atoms with Crippen LogP contribution in [0.25, 0.3) is 11.4 Å². The van der Waals surface area contributed by atoms with E-state index in [2.05, 4.69) is 14.9 Å². The highest BCUT2D eigenvalue weighted by molar-refractivity contribution is 7.91. The molecule has 21 heavy (non-hydrogen) atoms. The normalized spacial score (nSPS) is 11.9. The molecule has 0 atom stereocenters. The van der Waals surface area contributed by atoms with E-state index in [-0.39, 0.29) is 10.8 Å². The summed E-state index contributed by atoms with van der Waals surface area (Å²) in [4.78, 5) is 5.04. The van der Waals surface area contributed by atoms with Gasteiger partial charge in [-0.15, -0.1) is 22.7 Å². The summed E-state index contributed by atoms with van der Waals surface area (Å²) in [5.74, 6) is 0.833. The summed E-state index contributed by atoms with van der Waals surface area (Å²) in [5, 5.41) is 7.38. The topological polar surface area (TPSA) is 85.1 Å². The zero-order valence-electron chi connectivity index (χ0n) is 10.9. The van der Waals surface area contributed by atoms with Gasteiger partial charge in [-0.05, 0) is 17.5 Å². The molecule has 0 aliphatic heterocycles. The Labute approximate surface area is 129 Å². The van der Waals surface area contributed by atoms with Crippen LogP contribution in [0.15, 0.2) is 37.7 Å².